The normalized spacial score (nSPS) is 14.8. The predicted molar refractivity (Wildman–Crippen MR) is 111 cm³/mol. The quantitative estimate of drug-likeness (QED) is 0.378. The molecule has 1 aliphatic heterocycles. The molecule has 0 fully saturated rings. The Bertz CT molecular complexity index is 909. The Labute approximate surface area is 166 Å². The van der Waals surface area contributed by atoms with Gasteiger partial charge < -0.3 is 4.90 Å². The average molecular weight is 433 g/mol. The van der Waals surface area contributed by atoms with Gasteiger partial charge in [-0.25, -0.2) is 0 Å². The zero-order valence-corrected chi connectivity index (χ0v) is 17.0. The standard InChI is InChI=1S/C21H16BrCl2N/c1-21(2)17-9-5-14(23)11-19(17)25(16-7-3-13(22)4-8-16)20-12-15(24)6-10-18(20)21/h3-12H,1-2H3. The molecule has 0 aliphatic carbocycles. The maximum Gasteiger partial charge on any atom is 0.0517 e. The fourth-order valence-corrected chi connectivity index (χ4v) is 4.18. The summed E-state index contributed by atoms with van der Waals surface area (Å²) in [5.41, 5.74) is 5.62. The first kappa shape index (κ1) is 17.0. The van der Waals surface area contributed by atoms with Crippen LogP contribution in [0, 0.1) is 0 Å². The van der Waals surface area contributed by atoms with Crippen LogP contribution in [0.3, 0.4) is 0 Å². The molecule has 4 heteroatoms. The monoisotopic (exact) mass is 431 g/mol. The zero-order chi connectivity index (χ0) is 17.8. The number of rotatable bonds is 1. The molecule has 0 radical (unpaired) electrons. The van der Waals surface area contributed by atoms with E-state index in [1.165, 1.54) is 11.1 Å². The van der Waals surface area contributed by atoms with E-state index in [2.05, 4.69) is 58.9 Å². The van der Waals surface area contributed by atoms with Crippen LogP contribution >= 0.6 is 39.1 Å². The van der Waals surface area contributed by atoms with Crippen LogP contribution in [0.25, 0.3) is 0 Å². The Morgan fingerprint density at radius 3 is 1.72 bits per heavy atom. The van der Waals surface area contributed by atoms with Crippen molar-refractivity contribution in [1.82, 2.24) is 0 Å². The molecule has 0 unspecified atom stereocenters. The van der Waals surface area contributed by atoms with E-state index in [9.17, 15) is 0 Å². The third-order valence-corrected chi connectivity index (χ3v) is 5.83. The molecular formula is C21H16BrCl2N. The van der Waals surface area contributed by atoms with E-state index in [1.807, 2.05) is 36.4 Å². The van der Waals surface area contributed by atoms with Crippen molar-refractivity contribution in [2.24, 2.45) is 0 Å². The molecule has 3 aromatic rings. The second-order valence-electron chi connectivity index (χ2n) is 6.76. The molecule has 0 aromatic heterocycles. The van der Waals surface area contributed by atoms with Crippen LogP contribution in [0.15, 0.2) is 65.1 Å². The molecule has 3 aromatic carbocycles. The van der Waals surface area contributed by atoms with E-state index in [0.717, 1.165) is 31.6 Å². The highest BCUT2D eigenvalue weighted by Crippen LogP contribution is 2.52. The van der Waals surface area contributed by atoms with Gasteiger partial charge in [-0.05, 0) is 59.7 Å². The average Bonchev–Trinajstić information content (AvgIpc) is 2.56. The third-order valence-electron chi connectivity index (χ3n) is 4.83. The van der Waals surface area contributed by atoms with Gasteiger partial charge in [0, 0.05) is 25.6 Å². The molecule has 0 amide bonds. The topological polar surface area (TPSA) is 3.24 Å². The summed E-state index contributed by atoms with van der Waals surface area (Å²) in [6, 6.07) is 20.5. The maximum atomic E-state index is 6.35. The number of fused-ring (bicyclic) bond motifs is 2. The van der Waals surface area contributed by atoms with Crippen molar-refractivity contribution in [1.29, 1.82) is 0 Å². The highest BCUT2D eigenvalue weighted by Gasteiger charge is 2.37. The minimum absolute atomic E-state index is 0.133. The lowest BCUT2D eigenvalue weighted by Crippen LogP contribution is -2.30. The summed E-state index contributed by atoms with van der Waals surface area (Å²) in [7, 11) is 0. The number of halogens is 3. The van der Waals surface area contributed by atoms with Gasteiger partial charge in [0.1, 0.15) is 0 Å². The summed E-state index contributed by atoms with van der Waals surface area (Å²) >= 11 is 16.2. The molecule has 0 atom stereocenters. The number of benzene rings is 3. The van der Waals surface area contributed by atoms with Gasteiger partial charge in [0.05, 0.1) is 11.4 Å². The molecule has 0 spiro atoms. The summed E-state index contributed by atoms with van der Waals surface area (Å²) in [6.07, 6.45) is 0. The minimum atomic E-state index is -0.133. The van der Waals surface area contributed by atoms with Gasteiger partial charge in [0.15, 0.2) is 0 Å². The lowest BCUT2D eigenvalue weighted by molar-refractivity contribution is 0.632. The summed E-state index contributed by atoms with van der Waals surface area (Å²) in [5.74, 6) is 0. The first-order valence-corrected chi connectivity index (χ1v) is 9.58. The third kappa shape index (κ3) is 2.77. The Morgan fingerprint density at radius 2 is 1.24 bits per heavy atom. The van der Waals surface area contributed by atoms with Crippen LogP contribution in [0.2, 0.25) is 10.0 Å². The second kappa shape index (κ2) is 6.05. The van der Waals surface area contributed by atoms with E-state index in [-0.39, 0.29) is 5.41 Å². The molecule has 0 saturated carbocycles. The van der Waals surface area contributed by atoms with Gasteiger partial charge in [0.2, 0.25) is 0 Å². The lowest BCUT2D eigenvalue weighted by atomic mass is 9.73. The molecule has 126 valence electrons. The van der Waals surface area contributed by atoms with Gasteiger partial charge >= 0.3 is 0 Å². The van der Waals surface area contributed by atoms with Crippen molar-refractivity contribution in [3.63, 3.8) is 0 Å². The molecular weight excluding hydrogens is 417 g/mol. The number of hydrogen-bond donors (Lipinski definition) is 0. The van der Waals surface area contributed by atoms with Gasteiger partial charge in [0.25, 0.3) is 0 Å². The van der Waals surface area contributed by atoms with Crippen LogP contribution in [-0.4, -0.2) is 0 Å². The molecule has 4 rings (SSSR count). The summed E-state index contributed by atoms with van der Waals surface area (Å²) in [6.45, 7) is 4.48. The first-order valence-electron chi connectivity index (χ1n) is 8.04. The number of anilines is 3. The fourth-order valence-electron chi connectivity index (χ4n) is 3.58. The van der Waals surface area contributed by atoms with E-state index >= 15 is 0 Å². The van der Waals surface area contributed by atoms with Crippen molar-refractivity contribution in [3.05, 3.63) is 86.3 Å². The molecule has 25 heavy (non-hydrogen) atoms. The van der Waals surface area contributed by atoms with Crippen LogP contribution in [0.5, 0.6) is 0 Å². The van der Waals surface area contributed by atoms with Crippen molar-refractivity contribution in [2.75, 3.05) is 4.90 Å². The molecule has 0 N–H and O–H groups in total. The van der Waals surface area contributed by atoms with E-state index in [4.69, 9.17) is 23.2 Å². The fraction of sp³-hybridized carbons (Fsp3) is 0.143. The molecule has 1 heterocycles. The number of hydrogen-bond acceptors (Lipinski definition) is 1. The van der Waals surface area contributed by atoms with E-state index in [1.54, 1.807) is 0 Å². The van der Waals surface area contributed by atoms with Crippen LogP contribution in [-0.2, 0) is 5.41 Å². The van der Waals surface area contributed by atoms with E-state index < -0.39 is 0 Å². The van der Waals surface area contributed by atoms with Crippen molar-refractivity contribution in [2.45, 2.75) is 19.3 Å². The Morgan fingerprint density at radius 1 is 0.760 bits per heavy atom. The van der Waals surface area contributed by atoms with Crippen molar-refractivity contribution >= 4 is 56.2 Å². The Balaban J connectivity index is 2.05. The lowest BCUT2D eigenvalue weighted by Gasteiger charge is -2.42. The van der Waals surface area contributed by atoms with Crippen molar-refractivity contribution in [3.8, 4) is 0 Å². The van der Waals surface area contributed by atoms with Gasteiger partial charge in [-0.1, -0.05) is 65.1 Å². The summed E-state index contributed by atoms with van der Waals surface area (Å²) in [5, 5.41) is 1.45. The van der Waals surface area contributed by atoms with Gasteiger partial charge in [-0.3, -0.25) is 0 Å². The molecule has 1 nitrogen and oxygen atoms in total. The van der Waals surface area contributed by atoms with Gasteiger partial charge in [-0.2, -0.15) is 0 Å². The van der Waals surface area contributed by atoms with Crippen LogP contribution < -0.4 is 4.90 Å². The Hall–Kier alpha value is -1.48. The SMILES string of the molecule is CC1(C)c2ccc(Cl)cc2N(c2ccc(Br)cc2)c2cc(Cl)ccc21. The smallest absolute Gasteiger partial charge is 0.0517 e. The van der Waals surface area contributed by atoms with Crippen LogP contribution in [0.4, 0.5) is 17.1 Å². The van der Waals surface area contributed by atoms with Crippen molar-refractivity contribution < 1.29 is 0 Å². The molecule has 1 aliphatic rings. The first-order chi connectivity index (χ1) is 11.9. The van der Waals surface area contributed by atoms with E-state index in [0.29, 0.717) is 0 Å². The summed E-state index contributed by atoms with van der Waals surface area (Å²) in [4.78, 5) is 2.24. The van der Waals surface area contributed by atoms with Crippen LogP contribution in [0.1, 0.15) is 25.0 Å². The molecule has 0 saturated heterocycles. The maximum absolute atomic E-state index is 6.35. The van der Waals surface area contributed by atoms with Gasteiger partial charge in [-0.15, -0.1) is 0 Å². The summed E-state index contributed by atoms with van der Waals surface area (Å²) < 4.78 is 1.05. The highest BCUT2D eigenvalue weighted by molar-refractivity contribution is 9.10. The largest absolute Gasteiger partial charge is 0.310 e. The highest BCUT2D eigenvalue weighted by atomic mass is 79.9. The number of nitrogens with zero attached hydrogens (tertiary/aromatic N) is 1. The predicted octanol–water partition coefficient (Wildman–Crippen LogP) is 7.87. The second-order valence-corrected chi connectivity index (χ2v) is 8.55. The zero-order valence-electron chi connectivity index (χ0n) is 13.9. The Kier molecular flexibility index (Phi) is 4.10. The molecule has 0 bridgehead atoms. The minimum Gasteiger partial charge on any atom is -0.310 e.